The van der Waals surface area contributed by atoms with Crippen LogP contribution in [0.4, 0.5) is 5.69 Å². The van der Waals surface area contributed by atoms with Gasteiger partial charge in [-0.05, 0) is 41.9 Å². The summed E-state index contributed by atoms with van der Waals surface area (Å²) in [4.78, 5) is 36.3. The average Bonchev–Trinajstić information content (AvgIpc) is 2.60. The summed E-state index contributed by atoms with van der Waals surface area (Å²) in [5.41, 5.74) is 1.96. The normalized spacial score (nSPS) is 13.1. The molecule has 1 rings (SSSR count). The van der Waals surface area contributed by atoms with Crippen LogP contribution >= 0.6 is 0 Å². The van der Waals surface area contributed by atoms with Gasteiger partial charge in [0, 0.05) is 18.5 Å². The van der Waals surface area contributed by atoms with Crippen molar-refractivity contribution >= 4 is 23.5 Å². The standard InChI is InChI=1S/C22H34N2O4/c1-14(2)11-19(22(27)28-6)24-21(26)13-16(5)12-20(25)23-18-9-7-17(8-10-18)15(3)4/h7-10,14-16,19H,11-13H2,1-6H3,(H,23,25)(H,24,26). The number of benzene rings is 1. The second kappa shape index (κ2) is 11.5. The fraction of sp³-hybridized carbons (Fsp3) is 0.591. The minimum atomic E-state index is -0.655. The topological polar surface area (TPSA) is 84.5 Å². The first-order valence-corrected chi connectivity index (χ1v) is 9.89. The highest BCUT2D eigenvalue weighted by molar-refractivity contribution is 5.91. The molecule has 0 aromatic heterocycles. The summed E-state index contributed by atoms with van der Waals surface area (Å²) in [5, 5.41) is 5.59. The Labute approximate surface area is 168 Å². The summed E-state index contributed by atoms with van der Waals surface area (Å²) < 4.78 is 4.76. The molecule has 0 aliphatic carbocycles. The van der Waals surface area contributed by atoms with Crippen LogP contribution in [-0.2, 0) is 19.1 Å². The molecule has 0 heterocycles. The van der Waals surface area contributed by atoms with Crippen LogP contribution in [0.25, 0.3) is 0 Å². The van der Waals surface area contributed by atoms with Crippen molar-refractivity contribution in [2.24, 2.45) is 11.8 Å². The Morgan fingerprint density at radius 3 is 2.00 bits per heavy atom. The predicted molar refractivity (Wildman–Crippen MR) is 111 cm³/mol. The Balaban J connectivity index is 2.50. The molecular formula is C22H34N2O4. The molecule has 0 saturated carbocycles. The third-order valence-electron chi connectivity index (χ3n) is 4.46. The molecule has 2 amide bonds. The molecule has 0 aliphatic rings. The Bertz CT molecular complexity index is 653. The number of ether oxygens (including phenoxy) is 1. The van der Waals surface area contributed by atoms with Gasteiger partial charge < -0.3 is 15.4 Å². The van der Waals surface area contributed by atoms with Crippen LogP contribution in [0.5, 0.6) is 0 Å². The molecule has 0 saturated heterocycles. The van der Waals surface area contributed by atoms with Gasteiger partial charge in [-0.25, -0.2) is 4.79 Å². The lowest BCUT2D eigenvalue weighted by atomic mass is 10.0. The van der Waals surface area contributed by atoms with Gasteiger partial charge in [0.25, 0.3) is 0 Å². The van der Waals surface area contributed by atoms with Crippen molar-refractivity contribution in [1.29, 1.82) is 0 Å². The van der Waals surface area contributed by atoms with Gasteiger partial charge in [-0.15, -0.1) is 0 Å². The van der Waals surface area contributed by atoms with Gasteiger partial charge in [0.15, 0.2) is 0 Å². The number of carbonyl (C=O) groups excluding carboxylic acids is 3. The molecular weight excluding hydrogens is 356 g/mol. The monoisotopic (exact) mass is 390 g/mol. The fourth-order valence-corrected chi connectivity index (χ4v) is 2.95. The van der Waals surface area contributed by atoms with Crippen LogP contribution < -0.4 is 10.6 Å². The van der Waals surface area contributed by atoms with Crippen molar-refractivity contribution in [3.05, 3.63) is 29.8 Å². The summed E-state index contributed by atoms with van der Waals surface area (Å²) in [6.45, 7) is 10.0. The molecule has 2 N–H and O–H groups in total. The number of rotatable bonds is 10. The molecule has 2 atom stereocenters. The second-order valence-corrected chi connectivity index (χ2v) is 8.11. The van der Waals surface area contributed by atoms with E-state index in [2.05, 4.69) is 24.5 Å². The maximum atomic E-state index is 12.3. The molecule has 2 unspecified atom stereocenters. The van der Waals surface area contributed by atoms with E-state index in [4.69, 9.17) is 4.74 Å². The molecule has 0 fully saturated rings. The molecule has 0 spiro atoms. The van der Waals surface area contributed by atoms with Gasteiger partial charge in [-0.2, -0.15) is 0 Å². The lowest BCUT2D eigenvalue weighted by Gasteiger charge is -2.19. The molecule has 6 nitrogen and oxygen atoms in total. The minimum absolute atomic E-state index is 0.135. The van der Waals surface area contributed by atoms with Crippen molar-refractivity contribution in [2.45, 2.75) is 65.8 Å². The van der Waals surface area contributed by atoms with Crippen molar-refractivity contribution in [3.8, 4) is 0 Å². The summed E-state index contributed by atoms with van der Waals surface area (Å²) in [7, 11) is 1.31. The zero-order valence-corrected chi connectivity index (χ0v) is 17.9. The van der Waals surface area contributed by atoms with Crippen LogP contribution in [0.2, 0.25) is 0 Å². The minimum Gasteiger partial charge on any atom is -0.467 e. The lowest BCUT2D eigenvalue weighted by Crippen LogP contribution is -2.42. The highest BCUT2D eigenvalue weighted by Crippen LogP contribution is 2.18. The Kier molecular flexibility index (Phi) is 9.69. The maximum absolute atomic E-state index is 12.3. The second-order valence-electron chi connectivity index (χ2n) is 8.11. The lowest BCUT2D eigenvalue weighted by molar-refractivity contribution is -0.145. The first-order chi connectivity index (χ1) is 13.1. The molecule has 6 heteroatoms. The quantitative estimate of drug-likeness (QED) is 0.594. The number of nitrogens with one attached hydrogen (secondary N) is 2. The summed E-state index contributed by atoms with van der Waals surface area (Å²) in [6.07, 6.45) is 0.914. The van der Waals surface area contributed by atoms with E-state index in [1.54, 1.807) is 0 Å². The highest BCUT2D eigenvalue weighted by Gasteiger charge is 2.23. The Morgan fingerprint density at radius 1 is 0.929 bits per heavy atom. The summed E-state index contributed by atoms with van der Waals surface area (Å²) in [5.74, 6) is -0.297. The first-order valence-electron chi connectivity index (χ1n) is 9.89. The van der Waals surface area contributed by atoms with Gasteiger partial charge in [-0.3, -0.25) is 9.59 Å². The number of hydrogen-bond acceptors (Lipinski definition) is 4. The molecule has 0 aliphatic heterocycles. The largest absolute Gasteiger partial charge is 0.467 e. The first kappa shape index (κ1) is 23.7. The zero-order valence-electron chi connectivity index (χ0n) is 17.9. The van der Waals surface area contributed by atoms with Crippen molar-refractivity contribution in [1.82, 2.24) is 5.32 Å². The zero-order chi connectivity index (χ0) is 21.3. The van der Waals surface area contributed by atoms with Crippen molar-refractivity contribution in [2.75, 3.05) is 12.4 Å². The molecule has 1 aromatic rings. The number of hydrogen-bond donors (Lipinski definition) is 2. The van der Waals surface area contributed by atoms with E-state index in [-0.39, 0.29) is 36.5 Å². The number of anilines is 1. The number of methoxy groups -OCH3 is 1. The third kappa shape index (κ3) is 8.55. The number of carbonyl (C=O) groups is 3. The van der Waals surface area contributed by atoms with Crippen LogP contribution in [-0.4, -0.2) is 30.9 Å². The summed E-state index contributed by atoms with van der Waals surface area (Å²) in [6, 6.07) is 7.12. The fourth-order valence-electron chi connectivity index (χ4n) is 2.95. The number of esters is 1. The van der Waals surface area contributed by atoms with E-state index in [1.807, 2.05) is 45.0 Å². The average molecular weight is 391 g/mol. The predicted octanol–water partition coefficient (Wildman–Crippen LogP) is 3.87. The Morgan fingerprint density at radius 2 is 1.50 bits per heavy atom. The summed E-state index contributed by atoms with van der Waals surface area (Å²) >= 11 is 0. The van der Waals surface area contributed by atoms with Crippen molar-refractivity contribution < 1.29 is 19.1 Å². The third-order valence-corrected chi connectivity index (χ3v) is 4.46. The van der Waals surface area contributed by atoms with Crippen LogP contribution in [0, 0.1) is 11.8 Å². The van der Waals surface area contributed by atoms with Gasteiger partial charge in [0.05, 0.1) is 7.11 Å². The van der Waals surface area contributed by atoms with Crippen LogP contribution in [0.15, 0.2) is 24.3 Å². The van der Waals surface area contributed by atoms with Gasteiger partial charge in [0.2, 0.25) is 11.8 Å². The van der Waals surface area contributed by atoms with Gasteiger partial charge >= 0.3 is 5.97 Å². The SMILES string of the molecule is COC(=O)C(CC(C)C)NC(=O)CC(C)CC(=O)Nc1ccc(C(C)C)cc1. The molecule has 28 heavy (non-hydrogen) atoms. The van der Waals surface area contributed by atoms with Crippen LogP contribution in [0.3, 0.4) is 0 Å². The molecule has 1 aromatic carbocycles. The van der Waals surface area contributed by atoms with Gasteiger partial charge in [-0.1, -0.05) is 46.8 Å². The maximum Gasteiger partial charge on any atom is 0.328 e. The van der Waals surface area contributed by atoms with Gasteiger partial charge in [0.1, 0.15) is 6.04 Å². The molecule has 0 bridgehead atoms. The highest BCUT2D eigenvalue weighted by atomic mass is 16.5. The van der Waals surface area contributed by atoms with Crippen molar-refractivity contribution in [3.63, 3.8) is 0 Å². The van der Waals surface area contributed by atoms with E-state index in [0.29, 0.717) is 12.3 Å². The molecule has 156 valence electrons. The van der Waals surface area contributed by atoms with E-state index >= 15 is 0 Å². The smallest absolute Gasteiger partial charge is 0.328 e. The van der Waals surface area contributed by atoms with E-state index in [0.717, 1.165) is 5.69 Å². The van der Waals surface area contributed by atoms with E-state index < -0.39 is 12.0 Å². The Hall–Kier alpha value is -2.37. The van der Waals surface area contributed by atoms with E-state index in [1.165, 1.54) is 12.7 Å². The molecule has 0 radical (unpaired) electrons. The van der Waals surface area contributed by atoms with E-state index in [9.17, 15) is 14.4 Å². The van der Waals surface area contributed by atoms with Crippen LogP contribution in [0.1, 0.15) is 65.4 Å². The number of amides is 2.